The molecule has 142 valence electrons. The lowest BCUT2D eigenvalue weighted by Gasteiger charge is -2.08. The molecular weight excluding hydrogens is 399 g/mol. The predicted molar refractivity (Wildman–Crippen MR) is 108 cm³/mol. The summed E-state index contributed by atoms with van der Waals surface area (Å²) in [6.45, 7) is 0.290. The minimum absolute atomic E-state index is 0.145. The number of benzene rings is 3. The molecule has 0 unspecified atom stereocenters. The molecule has 4 nitrogen and oxygen atoms in total. The van der Waals surface area contributed by atoms with Crippen molar-refractivity contribution >= 4 is 35.1 Å². The number of hydrogen-bond acceptors (Lipinski definition) is 4. The van der Waals surface area contributed by atoms with Gasteiger partial charge in [0.1, 0.15) is 13.2 Å². The van der Waals surface area contributed by atoms with Gasteiger partial charge >= 0.3 is 11.9 Å². The van der Waals surface area contributed by atoms with Gasteiger partial charge in [-0.3, -0.25) is 0 Å². The van der Waals surface area contributed by atoms with Crippen LogP contribution in [0.3, 0.4) is 0 Å². The standard InChI is InChI=1S/C22H16Cl2O4/c23-19-9-5-17(6-10-19)21(25)27-13-15-1-2-16(4-3-15)14-28-22(26)18-7-11-20(24)12-8-18/h1-12H,13-14H2. The highest BCUT2D eigenvalue weighted by atomic mass is 35.5. The summed E-state index contributed by atoms with van der Waals surface area (Å²) in [5.74, 6) is -0.838. The van der Waals surface area contributed by atoms with Crippen molar-refractivity contribution in [2.45, 2.75) is 13.2 Å². The average molecular weight is 415 g/mol. The second-order valence-corrected chi connectivity index (χ2v) is 6.86. The van der Waals surface area contributed by atoms with Gasteiger partial charge in [0.25, 0.3) is 0 Å². The number of hydrogen-bond donors (Lipinski definition) is 0. The maximum absolute atomic E-state index is 12.0. The highest BCUT2D eigenvalue weighted by molar-refractivity contribution is 6.30. The third-order valence-electron chi connectivity index (χ3n) is 3.92. The van der Waals surface area contributed by atoms with Crippen LogP contribution in [0.25, 0.3) is 0 Å². The van der Waals surface area contributed by atoms with Crippen LogP contribution < -0.4 is 0 Å². The van der Waals surface area contributed by atoms with Gasteiger partial charge < -0.3 is 9.47 Å². The summed E-state index contributed by atoms with van der Waals surface area (Å²) < 4.78 is 10.6. The van der Waals surface area contributed by atoms with Crippen LogP contribution in [0.2, 0.25) is 10.0 Å². The highest BCUT2D eigenvalue weighted by Gasteiger charge is 2.09. The molecule has 0 aromatic heterocycles. The molecule has 28 heavy (non-hydrogen) atoms. The molecule has 3 aromatic rings. The molecular formula is C22H16Cl2O4. The molecule has 0 aliphatic rings. The molecule has 0 radical (unpaired) electrons. The Morgan fingerprint density at radius 3 is 1.21 bits per heavy atom. The second kappa shape index (κ2) is 9.40. The summed E-state index contributed by atoms with van der Waals surface area (Å²) in [5.41, 5.74) is 2.54. The smallest absolute Gasteiger partial charge is 0.338 e. The largest absolute Gasteiger partial charge is 0.457 e. The quantitative estimate of drug-likeness (QED) is 0.484. The van der Waals surface area contributed by atoms with Gasteiger partial charge in [-0.05, 0) is 59.7 Å². The van der Waals surface area contributed by atoms with E-state index in [4.69, 9.17) is 32.7 Å². The number of rotatable bonds is 6. The molecule has 6 heteroatoms. The molecule has 0 aliphatic carbocycles. The van der Waals surface area contributed by atoms with Gasteiger partial charge in [-0.15, -0.1) is 0 Å². The first-order valence-electron chi connectivity index (χ1n) is 8.44. The second-order valence-electron chi connectivity index (χ2n) is 5.98. The van der Waals surface area contributed by atoms with Crippen LogP contribution >= 0.6 is 23.2 Å². The lowest BCUT2D eigenvalue weighted by Crippen LogP contribution is -2.06. The lowest BCUT2D eigenvalue weighted by atomic mass is 10.1. The first kappa shape index (κ1) is 19.9. The first-order valence-corrected chi connectivity index (χ1v) is 9.20. The van der Waals surface area contributed by atoms with Gasteiger partial charge in [0.15, 0.2) is 0 Å². The first-order chi connectivity index (χ1) is 13.5. The van der Waals surface area contributed by atoms with Gasteiger partial charge in [-0.1, -0.05) is 47.5 Å². The Hall–Kier alpha value is -2.82. The zero-order valence-corrected chi connectivity index (χ0v) is 16.2. The van der Waals surface area contributed by atoms with E-state index in [1.807, 2.05) is 24.3 Å². The summed E-state index contributed by atoms with van der Waals surface area (Å²) in [6.07, 6.45) is 0. The fraction of sp³-hybridized carbons (Fsp3) is 0.0909. The Balaban J connectivity index is 1.49. The average Bonchev–Trinajstić information content (AvgIpc) is 2.72. The van der Waals surface area contributed by atoms with Crippen molar-refractivity contribution < 1.29 is 19.1 Å². The highest BCUT2D eigenvalue weighted by Crippen LogP contribution is 2.14. The van der Waals surface area contributed by atoms with E-state index < -0.39 is 11.9 Å². The van der Waals surface area contributed by atoms with E-state index in [0.717, 1.165) is 11.1 Å². The number of carbonyl (C=O) groups excluding carboxylic acids is 2. The van der Waals surface area contributed by atoms with Crippen LogP contribution in [0.1, 0.15) is 31.8 Å². The van der Waals surface area contributed by atoms with E-state index in [1.54, 1.807) is 48.5 Å². The normalized spacial score (nSPS) is 10.4. The van der Waals surface area contributed by atoms with E-state index in [0.29, 0.717) is 21.2 Å². The van der Waals surface area contributed by atoms with Crippen molar-refractivity contribution in [1.29, 1.82) is 0 Å². The Bertz CT molecular complexity index is 869. The molecule has 0 amide bonds. The zero-order chi connectivity index (χ0) is 19.9. The number of halogens is 2. The van der Waals surface area contributed by atoms with Gasteiger partial charge in [0, 0.05) is 10.0 Å². The van der Waals surface area contributed by atoms with Crippen molar-refractivity contribution in [3.63, 3.8) is 0 Å². The maximum atomic E-state index is 12.0. The summed E-state index contributed by atoms with van der Waals surface area (Å²) >= 11 is 11.6. The lowest BCUT2D eigenvalue weighted by molar-refractivity contribution is 0.0460. The molecule has 0 aliphatic heterocycles. The zero-order valence-electron chi connectivity index (χ0n) is 14.7. The van der Waals surface area contributed by atoms with Crippen molar-refractivity contribution in [2.24, 2.45) is 0 Å². The molecule has 0 heterocycles. The molecule has 3 aromatic carbocycles. The van der Waals surface area contributed by atoms with Gasteiger partial charge in [0.05, 0.1) is 11.1 Å². The van der Waals surface area contributed by atoms with Crippen LogP contribution in [0.5, 0.6) is 0 Å². The SMILES string of the molecule is O=C(OCc1ccc(COC(=O)c2ccc(Cl)cc2)cc1)c1ccc(Cl)cc1. The van der Waals surface area contributed by atoms with Crippen LogP contribution in [0.15, 0.2) is 72.8 Å². The molecule has 3 rings (SSSR count). The molecule has 0 fully saturated rings. The van der Waals surface area contributed by atoms with Crippen LogP contribution in [-0.4, -0.2) is 11.9 Å². The Labute approximate surface area is 172 Å². The van der Waals surface area contributed by atoms with Crippen LogP contribution in [0, 0.1) is 0 Å². The van der Waals surface area contributed by atoms with E-state index in [2.05, 4.69) is 0 Å². The third kappa shape index (κ3) is 5.59. The molecule has 0 spiro atoms. The Morgan fingerprint density at radius 1 is 0.571 bits per heavy atom. The van der Waals surface area contributed by atoms with Crippen molar-refractivity contribution in [3.05, 3.63) is 105 Å². The van der Waals surface area contributed by atoms with Crippen LogP contribution in [-0.2, 0) is 22.7 Å². The Morgan fingerprint density at radius 2 is 0.893 bits per heavy atom. The fourth-order valence-electron chi connectivity index (χ4n) is 2.37. The molecule has 0 bridgehead atoms. The summed E-state index contributed by atoms with van der Waals surface area (Å²) in [7, 11) is 0. The third-order valence-corrected chi connectivity index (χ3v) is 4.43. The predicted octanol–water partition coefficient (Wildman–Crippen LogP) is 5.71. The summed E-state index contributed by atoms with van der Waals surface area (Å²) in [6, 6.07) is 20.3. The van der Waals surface area contributed by atoms with E-state index >= 15 is 0 Å². The Kier molecular flexibility index (Phi) is 6.69. The number of ether oxygens (including phenoxy) is 2. The summed E-state index contributed by atoms with van der Waals surface area (Å²) in [5, 5.41) is 1.12. The fourth-order valence-corrected chi connectivity index (χ4v) is 2.62. The van der Waals surface area contributed by atoms with Crippen molar-refractivity contribution in [3.8, 4) is 0 Å². The minimum Gasteiger partial charge on any atom is -0.457 e. The maximum Gasteiger partial charge on any atom is 0.338 e. The van der Waals surface area contributed by atoms with Crippen molar-refractivity contribution in [1.82, 2.24) is 0 Å². The molecule has 0 saturated carbocycles. The van der Waals surface area contributed by atoms with Crippen molar-refractivity contribution in [2.75, 3.05) is 0 Å². The van der Waals surface area contributed by atoms with E-state index in [9.17, 15) is 9.59 Å². The minimum atomic E-state index is -0.419. The van der Waals surface area contributed by atoms with Gasteiger partial charge in [0.2, 0.25) is 0 Å². The number of carbonyl (C=O) groups is 2. The molecule has 0 N–H and O–H groups in total. The number of esters is 2. The summed E-state index contributed by atoms with van der Waals surface area (Å²) in [4.78, 5) is 24.0. The monoisotopic (exact) mass is 414 g/mol. The van der Waals surface area contributed by atoms with Gasteiger partial charge in [-0.25, -0.2) is 9.59 Å². The van der Waals surface area contributed by atoms with Crippen LogP contribution in [0.4, 0.5) is 0 Å². The molecule has 0 atom stereocenters. The molecule has 0 saturated heterocycles. The van der Waals surface area contributed by atoms with E-state index in [1.165, 1.54) is 0 Å². The van der Waals surface area contributed by atoms with Gasteiger partial charge in [-0.2, -0.15) is 0 Å². The van der Waals surface area contributed by atoms with E-state index in [-0.39, 0.29) is 13.2 Å². The topological polar surface area (TPSA) is 52.6 Å².